The maximum absolute atomic E-state index is 12.5. The fraction of sp³-hybridized carbons (Fsp3) is 0.333. The third-order valence-electron chi connectivity index (χ3n) is 8.26. The van der Waals surface area contributed by atoms with E-state index in [1.54, 1.807) is 12.3 Å². The summed E-state index contributed by atoms with van der Waals surface area (Å²) in [6.07, 6.45) is 7.20. The number of hydrogen-bond acceptors (Lipinski definition) is 10. The number of rotatable bonds is 5. The molecule has 1 amide bonds. The number of benzene rings is 1. The van der Waals surface area contributed by atoms with Crippen molar-refractivity contribution in [3.63, 3.8) is 0 Å². The molecule has 8 N–H and O–H groups in total. The molecule has 3 atom stereocenters. The molecule has 0 radical (unpaired) electrons. The lowest BCUT2D eigenvalue weighted by Gasteiger charge is -2.53. The van der Waals surface area contributed by atoms with Gasteiger partial charge in [0.15, 0.2) is 28.4 Å². The summed E-state index contributed by atoms with van der Waals surface area (Å²) in [4.78, 5) is 40.7. The van der Waals surface area contributed by atoms with Crippen molar-refractivity contribution >= 4 is 80.3 Å². The van der Waals surface area contributed by atoms with Crippen molar-refractivity contribution in [2.75, 3.05) is 38.8 Å². The molecule has 17 heteroatoms. The number of fused-ring (bicyclic) bond motifs is 2. The monoisotopic (exact) mass is 748 g/mol. The number of nitrogen functional groups attached to an aromatic ring is 2. The van der Waals surface area contributed by atoms with Crippen LogP contribution in [-0.2, 0) is 28.5 Å². The van der Waals surface area contributed by atoms with Crippen molar-refractivity contribution in [3.8, 4) is 0 Å². The van der Waals surface area contributed by atoms with Gasteiger partial charge in [0.1, 0.15) is 5.60 Å². The number of amides is 1. The second-order valence-electron chi connectivity index (χ2n) is 11.3. The van der Waals surface area contributed by atoms with Crippen LogP contribution in [0, 0.1) is 5.92 Å². The van der Waals surface area contributed by atoms with Crippen LogP contribution in [0.3, 0.4) is 0 Å². The predicted molar refractivity (Wildman–Crippen MR) is 185 cm³/mol. The number of ether oxygens (including phenoxy) is 2. The van der Waals surface area contributed by atoms with Crippen molar-refractivity contribution in [2.45, 2.75) is 24.5 Å². The maximum Gasteiger partial charge on any atom is 0.339 e. The van der Waals surface area contributed by atoms with Gasteiger partial charge < -0.3 is 37.0 Å². The molecular weight excluding hydrogens is 715 g/mol. The van der Waals surface area contributed by atoms with Crippen LogP contribution in [0.4, 0.5) is 11.6 Å². The lowest BCUT2D eigenvalue weighted by Crippen LogP contribution is -2.59. The smallest absolute Gasteiger partial charge is 0.339 e. The Kier molecular flexibility index (Phi) is 11.0. The van der Waals surface area contributed by atoms with Crippen LogP contribution in [0.2, 0.25) is 5.15 Å². The summed E-state index contributed by atoms with van der Waals surface area (Å²) in [5, 5.41) is 1.17. The number of aliphatic imine (C=N–C) groups is 1. The van der Waals surface area contributed by atoms with Crippen LogP contribution in [0.25, 0.3) is 10.9 Å². The topological polar surface area (TPSA) is 216 Å². The molecule has 0 bridgehead atoms. The molecule has 1 aliphatic carbocycles. The molecule has 2 aliphatic rings. The average Bonchev–Trinajstić information content (AvgIpc) is 3.34. The highest BCUT2D eigenvalue weighted by Crippen LogP contribution is 2.49. The molecule has 14 nitrogen and oxygen atoms in total. The van der Waals surface area contributed by atoms with Crippen molar-refractivity contribution < 1.29 is 19.1 Å². The lowest BCUT2D eigenvalue weighted by atomic mass is 9.69. The Bertz CT molecular complexity index is 1850. The van der Waals surface area contributed by atoms with Gasteiger partial charge in [0, 0.05) is 66.6 Å². The maximum atomic E-state index is 12.5. The highest BCUT2D eigenvalue weighted by atomic mass is 79.9. The van der Waals surface area contributed by atoms with E-state index in [0.717, 1.165) is 23.9 Å². The minimum atomic E-state index is -0.832. The number of piperidine rings is 1. The van der Waals surface area contributed by atoms with Gasteiger partial charge in [-0.25, -0.2) is 14.8 Å². The number of nitrogens with zero attached hydrogens (tertiary/aromatic N) is 6. The quantitative estimate of drug-likeness (QED) is 0.132. The Morgan fingerprint density at radius 3 is 2.60 bits per heavy atom. The number of aromatic nitrogens is 4. The molecule has 1 fully saturated rings. The molecule has 0 spiro atoms. The average molecular weight is 750 g/mol. The van der Waals surface area contributed by atoms with Gasteiger partial charge in [-0.05, 0) is 59.1 Å². The first kappa shape index (κ1) is 35.8. The van der Waals surface area contributed by atoms with Crippen molar-refractivity contribution in [1.82, 2.24) is 24.4 Å². The molecule has 1 aliphatic heterocycles. The van der Waals surface area contributed by atoms with Crippen LogP contribution in [0.1, 0.15) is 38.4 Å². The highest BCUT2D eigenvalue weighted by molar-refractivity contribution is 9.10. The molecule has 1 aromatic carbocycles. The minimum absolute atomic E-state index is 0. The SMILES string of the molecule is COC12CC(COC(=O)c3cncc(Br)c3)CN(C)C1Cc1cn(C)c3cccc2c13.Cl.NC(N)=NC(=O)c1nc(Cl)c(N)nc1N. The number of esters is 1. The van der Waals surface area contributed by atoms with Crippen LogP contribution >= 0.6 is 39.9 Å². The van der Waals surface area contributed by atoms with Gasteiger partial charge in [-0.3, -0.25) is 14.7 Å². The van der Waals surface area contributed by atoms with E-state index in [4.69, 9.17) is 44.0 Å². The summed E-state index contributed by atoms with van der Waals surface area (Å²) in [5.41, 5.74) is 24.4. The van der Waals surface area contributed by atoms with Crippen LogP contribution in [-0.4, -0.2) is 75.6 Å². The Hall–Kier alpha value is -4.02. The van der Waals surface area contributed by atoms with E-state index in [2.05, 4.69) is 83.8 Å². The van der Waals surface area contributed by atoms with E-state index in [1.165, 1.54) is 28.2 Å². The number of carbonyl (C=O) groups is 2. The molecule has 4 heterocycles. The van der Waals surface area contributed by atoms with Gasteiger partial charge in [-0.15, -0.1) is 12.4 Å². The number of halogens is 3. The number of likely N-dealkylation sites (N-methyl/N-ethyl adjacent to an activating group) is 1. The summed E-state index contributed by atoms with van der Waals surface area (Å²) >= 11 is 8.90. The summed E-state index contributed by atoms with van der Waals surface area (Å²) in [6.45, 7) is 1.21. The number of pyridine rings is 1. The Morgan fingerprint density at radius 2 is 1.91 bits per heavy atom. The van der Waals surface area contributed by atoms with E-state index >= 15 is 0 Å². The third kappa shape index (κ3) is 7.13. The number of aryl methyl sites for hydroxylation is 1. The van der Waals surface area contributed by atoms with E-state index < -0.39 is 17.5 Å². The number of likely N-dealkylation sites (tertiary alicyclic amines) is 1. The zero-order valence-electron chi connectivity index (χ0n) is 25.8. The summed E-state index contributed by atoms with van der Waals surface area (Å²) in [6, 6.07) is 8.47. The fourth-order valence-corrected chi connectivity index (χ4v) is 6.89. The van der Waals surface area contributed by atoms with Gasteiger partial charge in [0.2, 0.25) is 0 Å². The molecular formula is C30H35BrCl2N10O4. The van der Waals surface area contributed by atoms with Crippen LogP contribution in [0.5, 0.6) is 0 Å². The normalized spacial score (nSPS) is 19.9. The number of carbonyl (C=O) groups excluding carboxylic acids is 2. The molecule has 250 valence electrons. The summed E-state index contributed by atoms with van der Waals surface area (Å²) < 4.78 is 15.0. The molecule has 6 rings (SSSR count). The molecule has 1 saturated heterocycles. The van der Waals surface area contributed by atoms with Crippen molar-refractivity contribution in [2.24, 2.45) is 29.4 Å². The van der Waals surface area contributed by atoms with Crippen LogP contribution < -0.4 is 22.9 Å². The molecule has 4 aromatic rings. The first-order valence-electron chi connectivity index (χ1n) is 14.2. The minimum Gasteiger partial charge on any atom is -0.462 e. The highest BCUT2D eigenvalue weighted by Gasteiger charge is 2.51. The molecule has 3 unspecified atom stereocenters. The van der Waals surface area contributed by atoms with E-state index in [-0.39, 0.29) is 52.8 Å². The third-order valence-corrected chi connectivity index (χ3v) is 8.98. The summed E-state index contributed by atoms with van der Waals surface area (Å²) in [5.74, 6) is -1.68. The zero-order valence-corrected chi connectivity index (χ0v) is 29.0. The first-order valence-corrected chi connectivity index (χ1v) is 15.3. The first-order chi connectivity index (χ1) is 21.8. The number of anilines is 2. The number of nitrogens with two attached hydrogens (primary N) is 4. The second-order valence-corrected chi connectivity index (χ2v) is 12.5. The molecule has 47 heavy (non-hydrogen) atoms. The lowest BCUT2D eigenvalue weighted by molar-refractivity contribution is -0.131. The zero-order chi connectivity index (χ0) is 33.3. The van der Waals surface area contributed by atoms with Gasteiger partial charge in [-0.2, -0.15) is 4.99 Å². The number of methoxy groups -OCH3 is 1. The van der Waals surface area contributed by atoms with Crippen molar-refractivity contribution in [3.05, 3.63) is 74.9 Å². The predicted octanol–water partition coefficient (Wildman–Crippen LogP) is 3.04. The van der Waals surface area contributed by atoms with E-state index in [1.807, 2.05) is 7.11 Å². The van der Waals surface area contributed by atoms with Gasteiger partial charge in [-0.1, -0.05) is 23.7 Å². The second kappa shape index (κ2) is 14.4. The largest absolute Gasteiger partial charge is 0.462 e. The standard InChI is InChI=1S/C24H26BrN3O3.C6H8ClN7O.ClH/c1-27-13-17-8-21-24(30-3,19-5-4-6-20(27)22(17)19)9-15(12-28(21)2)14-31-23(29)16-7-18(25)11-26-10-16;7-2-4(9)13-3(8)1(12-2)5(15)14-6(10)11;/h4-7,10-11,13,15,21H,8-9,12,14H2,1-3H3;(H4,8,9,13)(H4,10,11,14,15);1H. The van der Waals surface area contributed by atoms with E-state index in [9.17, 15) is 9.59 Å². The number of hydrogen-bond donors (Lipinski definition) is 4. The Labute approximate surface area is 290 Å². The van der Waals surface area contributed by atoms with E-state index in [0.29, 0.717) is 12.2 Å². The van der Waals surface area contributed by atoms with Crippen molar-refractivity contribution in [1.29, 1.82) is 0 Å². The van der Waals surface area contributed by atoms with Crippen LogP contribution in [0.15, 0.2) is 52.3 Å². The van der Waals surface area contributed by atoms with Gasteiger partial charge in [0.25, 0.3) is 0 Å². The number of guanidine groups is 1. The van der Waals surface area contributed by atoms with Gasteiger partial charge in [0.05, 0.1) is 12.2 Å². The Morgan fingerprint density at radius 1 is 1.17 bits per heavy atom. The van der Waals surface area contributed by atoms with Gasteiger partial charge >= 0.3 is 11.9 Å². The Balaban J connectivity index is 0.000000266. The fourth-order valence-electron chi connectivity index (χ4n) is 6.40. The molecule has 0 saturated carbocycles. The molecule has 3 aromatic heterocycles. The summed E-state index contributed by atoms with van der Waals surface area (Å²) in [7, 11) is 6.07.